The van der Waals surface area contributed by atoms with Gasteiger partial charge < -0.3 is 14.6 Å². The zero-order valence-corrected chi connectivity index (χ0v) is 15.1. The van der Waals surface area contributed by atoms with Crippen LogP contribution in [0, 0.1) is 6.92 Å². The molecule has 1 saturated heterocycles. The van der Waals surface area contributed by atoms with Gasteiger partial charge in [0.25, 0.3) is 0 Å². The summed E-state index contributed by atoms with van der Waals surface area (Å²) >= 11 is 0. The van der Waals surface area contributed by atoms with Crippen LogP contribution < -0.4 is 9.47 Å². The molecular weight excluding hydrogens is 314 g/mol. The molecule has 2 aromatic carbocycles. The van der Waals surface area contributed by atoms with E-state index in [1.165, 1.54) is 0 Å². The first kappa shape index (κ1) is 17.8. The van der Waals surface area contributed by atoms with Crippen molar-refractivity contribution in [1.29, 1.82) is 0 Å². The lowest BCUT2D eigenvalue weighted by atomic mass is 9.89. The second kappa shape index (κ2) is 7.89. The number of rotatable bonds is 7. The molecular formula is C21H27NO3. The van der Waals surface area contributed by atoms with Gasteiger partial charge in [0, 0.05) is 19.6 Å². The first-order chi connectivity index (χ1) is 12.1. The molecule has 1 atom stereocenters. The van der Waals surface area contributed by atoms with Gasteiger partial charge in [-0.3, -0.25) is 4.90 Å². The fourth-order valence-electron chi connectivity index (χ4n) is 3.53. The molecule has 0 spiro atoms. The van der Waals surface area contributed by atoms with Crippen LogP contribution in [-0.4, -0.2) is 43.4 Å². The van der Waals surface area contributed by atoms with E-state index < -0.39 is 5.60 Å². The third kappa shape index (κ3) is 4.33. The van der Waals surface area contributed by atoms with Crippen molar-refractivity contribution in [2.75, 3.05) is 33.4 Å². The van der Waals surface area contributed by atoms with Gasteiger partial charge in [0.05, 0.1) is 13.7 Å². The number of methoxy groups -OCH3 is 1. The van der Waals surface area contributed by atoms with Crippen molar-refractivity contribution in [2.45, 2.75) is 25.4 Å². The van der Waals surface area contributed by atoms with Crippen LogP contribution in [0.5, 0.6) is 11.5 Å². The average molecular weight is 341 g/mol. The van der Waals surface area contributed by atoms with Crippen molar-refractivity contribution >= 4 is 0 Å². The number of benzene rings is 2. The van der Waals surface area contributed by atoms with Gasteiger partial charge in [-0.15, -0.1) is 0 Å². The summed E-state index contributed by atoms with van der Waals surface area (Å²) < 4.78 is 10.9. The Labute approximate surface area is 150 Å². The predicted molar refractivity (Wildman–Crippen MR) is 99.2 cm³/mol. The van der Waals surface area contributed by atoms with Crippen LogP contribution in [0.2, 0.25) is 0 Å². The van der Waals surface area contributed by atoms with Crippen LogP contribution >= 0.6 is 0 Å². The molecule has 3 rings (SSSR count). The molecule has 0 saturated carbocycles. The van der Waals surface area contributed by atoms with Crippen LogP contribution in [-0.2, 0) is 5.60 Å². The lowest BCUT2D eigenvalue weighted by molar-refractivity contribution is 0.0450. The molecule has 0 bridgehead atoms. The summed E-state index contributed by atoms with van der Waals surface area (Å²) in [5.41, 5.74) is 1.50. The molecule has 0 radical (unpaired) electrons. The molecule has 1 N–H and O–H groups in total. The van der Waals surface area contributed by atoms with Gasteiger partial charge in [0.1, 0.15) is 17.1 Å². The zero-order valence-electron chi connectivity index (χ0n) is 15.1. The van der Waals surface area contributed by atoms with Crippen molar-refractivity contribution in [3.63, 3.8) is 0 Å². The molecule has 25 heavy (non-hydrogen) atoms. The summed E-state index contributed by atoms with van der Waals surface area (Å²) in [6.45, 7) is 5.29. The molecule has 0 aromatic heterocycles. The summed E-state index contributed by atoms with van der Waals surface area (Å²) in [5, 5.41) is 11.0. The molecule has 1 aliphatic heterocycles. The van der Waals surface area contributed by atoms with Gasteiger partial charge in [-0.25, -0.2) is 0 Å². The molecule has 0 amide bonds. The highest BCUT2D eigenvalue weighted by atomic mass is 16.5. The van der Waals surface area contributed by atoms with Crippen molar-refractivity contribution in [3.05, 3.63) is 59.7 Å². The van der Waals surface area contributed by atoms with Gasteiger partial charge in [-0.2, -0.15) is 0 Å². The van der Waals surface area contributed by atoms with E-state index in [1.807, 2.05) is 42.5 Å². The zero-order chi connectivity index (χ0) is 17.7. The Balaban J connectivity index is 1.45. The van der Waals surface area contributed by atoms with E-state index in [0.29, 0.717) is 13.2 Å². The van der Waals surface area contributed by atoms with Gasteiger partial charge in [-0.05, 0) is 55.2 Å². The molecule has 1 unspecified atom stereocenters. The van der Waals surface area contributed by atoms with E-state index in [4.69, 9.17) is 9.47 Å². The highest BCUT2D eigenvalue weighted by Crippen LogP contribution is 2.33. The molecule has 4 nitrogen and oxygen atoms in total. The Kier molecular flexibility index (Phi) is 5.61. The topological polar surface area (TPSA) is 41.9 Å². The van der Waals surface area contributed by atoms with Crippen LogP contribution in [0.1, 0.15) is 24.0 Å². The van der Waals surface area contributed by atoms with Crippen molar-refractivity contribution in [2.24, 2.45) is 0 Å². The van der Waals surface area contributed by atoms with E-state index in [9.17, 15) is 5.11 Å². The lowest BCUT2D eigenvalue weighted by Gasteiger charge is -2.25. The monoisotopic (exact) mass is 341 g/mol. The number of aryl methyl sites for hydroxylation is 1. The van der Waals surface area contributed by atoms with Gasteiger partial charge in [-0.1, -0.05) is 24.3 Å². The highest BCUT2D eigenvalue weighted by molar-refractivity contribution is 5.33. The van der Waals surface area contributed by atoms with Crippen molar-refractivity contribution in [1.82, 2.24) is 4.90 Å². The number of hydrogen-bond acceptors (Lipinski definition) is 4. The third-order valence-corrected chi connectivity index (χ3v) is 4.92. The Morgan fingerprint density at radius 3 is 2.52 bits per heavy atom. The molecule has 2 aromatic rings. The number of nitrogens with zero attached hydrogens (tertiary/aromatic N) is 1. The summed E-state index contributed by atoms with van der Waals surface area (Å²) in [6.07, 6.45) is 1.73. The summed E-state index contributed by atoms with van der Waals surface area (Å²) in [7, 11) is 1.66. The Morgan fingerprint density at radius 1 is 1.08 bits per heavy atom. The van der Waals surface area contributed by atoms with Crippen LogP contribution in [0.4, 0.5) is 0 Å². The predicted octanol–water partition coefficient (Wildman–Crippen LogP) is 3.37. The Bertz CT molecular complexity index is 686. The minimum absolute atomic E-state index is 0.672. The SMILES string of the molecule is COc1ccc(OCCCN2CCC(O)(c3ccccc3C)C2)cc1. The quantitative estimate of drug-likeness (QED) is 0.784. The van der Waals surface area contributed by atoms with Crippen LogP contribution in [0.25, 0.3) is 0 Å². The second-order valence-electron chi connectivity index (χ2n) is 6.75. The van der Waals surface area contributed by atoms with Gasteiger partial charge in [0.2, 0.25) is 0 Å². The van der Waals surface area contributed by atoms with E-state index in [2.05, 4.69) is 17.9 Å². The van der Waals surface area contributed by atoms with Gasteiger partial charge >= 0.3 is 0 Å². The number of likely N-dealkylation sites (tertiary alicyclic amines) is 1. The summed E-state index contributed by atoms with van der Waals surface area (Å²) in [4.78, 5) is 2.32. The molecule has 1 fully saturated rings. The smallest absolute Gasteiger partial charge is 0.119 e. The van der Waals surface area contributed by atoms with Crippen LogP contribution in [0.15, 0.2) is 48.5 Å². The lowest BCUT2D eigenvalue weighted by Crippen LogP contribution is -2.32. The first-order valence-corrected chi connectivity index (χ1v) is 8.88. The molecule has 4 heteroatoms. The minimum Gasteiger partial charge on any atom is -0.497 e. The standard InChI is InChI=1S/C21H27NO3/c1-17-6-3-4-7-20(17)21(23)12-14-22(16-21)13-5-15-25-19-10-8-18(24-2)9-11-19/h3-4,6-11,23H,5,12-16H2,1-2H3. The normalized spacial score (nSPS) is 20.6. The number of aliphatic hydroxyl groups is 1. The maximum Gasteiger partial charge on any atom is 0.119 e. The van der Waals surface area contributed by atoms with Crippen molar-refractivity contribution < 1.29 is 14.6 Å². The minimum atomic E-state index is -0.720. The maximum absolute atomic E-state index is 11.0. The van der Waals surface area contributed by atoms with E-state index >= 15 is 0 Å². The van der Waals surface area contributed by atoms with E-state index in [1.54, 1.807) is 7.11 Å². The maximum atomic E-state index is 11.0. The van der Waals surface area contributed by atoms with E-state index in [0.717, 1.165) is 48.6 Å². The summed E-state index contributed by atoms with van der Waals surface area (Å²) in [5.74, 6) is 1.69. The van der Waals surface area contributed by atoms with Crippen LogP contribution in [0.3, 0.4) is 0 Å². The molecule has 0 aliphatic carbocycles. The molecule has 134 valence electrons. The fraction of sp³-hybridized carbons (Fsp3) is 0.429. The third-order valence-electron chi connectivity index (χ3n) is 4.92. The fourth-order valence-corrected chi connectivity index (χ4v) is 3.53. The number of β-amino-alcohol motifs (C(OH)–C–C–N with tert-alkyl or cyclic N) is 1. The first-order valence-electron chi connectivity index (χ1n) is 8.88. The average Bonchev–Trinajstić information content (AvgIpc) is 3.02. The van der Waals surface area contributed by atoms with E-state index in [-0.39, 0.29) is 0 Å². The van der Waals surface area contributed by atoms with Crippen molar-refractivity contribution in [3.8, 4) is 11.5 Å². The number of ether oxygens (including phenoxy) is 2. The largest absolute Gasteiger partial charge is 0.497 e. The van der Waals surface area contributed by atoms with Gasteiger partial charge in [0.15, 0.2) is 0 Å². The Hall–Kier alpha value is -2.04. The Morgan fingerprint density at radius 2 is 1.80 bits per heavy atom. The molecule has 1 aliphatic rings. The summed E-state index contributed by atoms with van der Waals surface area (Å²) in [6, 6.07) is 15.8. The highest BCUT2D eigenvalue weighted by Gasteiger charge is 2.38. The number of hydrogen-bond donors (Lipinski definition) is 1. The second-order valence-corrected chi connectivity index (χ2v) is 6.75. The molecule has 1 heterocycles.